The number of carbonyl (C=O) groups excluding carboxylic acids is 2. The van der Waals surface area contributed by atoms with E-state index in [1.165, 1.54) is 6.33 Å². The van der Waals surface area contributed by atoms with Gasteiger partial charge in [0.15, 0.2) is 0 Å². The summed E-state index contributed by atoms with van der Waals surface area (Å²) in [5.74, 6) is -0.895. The van der Waals surface area contributed by atoms with Crippen LogP contribution in [0.3, 0.4) is 0 Å². The molecule has 1 aromatic rings. The normalized spacial score (nSPS) is 11.9. The second-order valence-corrected chi connectivity index (χ2v) is 3.57. The van der Waals surface area contributed by atoms with E-state index < -0.39 is 12.0 Å². The zero-order valence-corrected chi connectivity index (χ0v) is 9.89. The minimum absolute atomic E-state index is 0.148. The molecule has 0 spiro atoms. The van der Waals surface area contributed by atoms with Gasteiger partial charge in [0.05, 0.1) is 6.33 Å². The van der Waals surface area contributed by atoms with E-state index in [4.69, 9.17) is 16.2 Å². The molecule has 18 heavy (non-hydrogen) atoms. The predicted octanol–water partition coefficient (Wildman–Crippen LogP) is -1.75. The number of hydrogen-bond acceptors (Lipinski definition) is 6. The zero-order chi connectivity index (χ0) is 13.4. The standard InChI is InChI=1S/C10H17N5O3/c11-2-1-9(16)15-8(10(17)18-5-12)3-7-4-13-6-14-7/h4,6,8H,1-3,5,11-12H2,(H,13,14)(H,15,16). The van der Waals surface area contributed by atoms with Gasteiger partial charge in [-0.05, 0) is 0 Å². The number of aromatic amines is 1. The molecule has 1 rings (SSSR count). The second kappa shape index (κ2) is 7.41. The highest BCUT2D eigenvalue weighted by Gasteiger charge is 2.22. The summed E-state index contributed by atoms with van der Waals surface area (Å²) in [5.41, 5.74) is 11.1. The Morgan fingerprint density at radius 2 is 2.28 bits per heavy atom. The number of nitrogens with zero attached hydrogens (tertiary/aromatic N) is 1. The molecular weight excluding hydrogens is 238 g/mol. The second-order valence-electron chi connectivity index (χ2n) is 3.57. The van der Waals surface area contributed by atoms with Crippen LogP contribution in [-0.4, -0.2) is 41.2 Å². The van der Waals surface area contributed by atoms with E-state index in [9.17, 15) is 9.59 Å². The summed E-state index contributed by atoms with van der Waals surface area (Å²) in [5, 5.41) is 2.54. The summed E-state index contributed by atoms with van der Waals surface area (Å²) in [7, 11) is 0. The Hall–Kier alpha value is -1.93. The van der Waals surface area contributed by atoms with Crippen molar-refractivity contribution in [1.29, 1.82) is 0 Å². The van der Waals surface area contributed by atoms with Crippen LogP contribution >= 0.6 is 0 Å². The summed E-state index contributed by atoms with van der Waals surface area (Å²) < 4.78 is 4.69. The Balaban J connectivity index is 2.62. The fourth-order valence-electron chi connectivity index (χ4n) is 1.39. The van der Waals surface area contributed by atoms with E-state index in [-0.39, 0.29) is 32.0 Å². The van der Waals surface area contributed by atoms with Crippen LogP contribution in [0.15, 0.2) is 12.5 Å². The quantitative estimate of drug-likeness (QED) is 0.337. The van der Waals surface area contributed by atoms with Crippen molar-refractivity contribution in [2.75, 3.05) is 13.3 Å². The average Bonchev–Trinajstić information content (AvgIpc) is 2.81. The first-order chi connectivity index (χ1) is 8.67. The summed E-state index contributed by atoms with van der Waals surface area (Å²) in [4.78, 5) is 29.7. The monoisotopic (exact) mass is 255 g/mol. The molecular formula is C10H17N5O3. The highest BCUT2D eigenvalue weighted by Crippen LogP contribution is 2.01. The van der Waals surface area contributed by atoms with Gasteiger partial charge in [-0.3, -0.25) is 10.5 Å². The lowest BCUT2D eigenvalue weighted by molar-refractivity contribution is -0.147. The summed E-state index contributed by atoms with van der Waals surface area (Å²) in [6, 6.07) is -0.798. The van der Waals surface area contributed by atoms with Crippen molar-refractivity contribution in [3.63, 3.8) is 0 Å². The predicted molar refractivity (Wildman–Crippen MR) is 63.0 cm³/mol. The maximum Gasteiger partial charge on any atom is 0.330 e. The average molecular weight is 255 g/mol. The molecule has 1 atom stereocenters. The SMILES string of the molecule is NCCC(=O)NC(Cc1cnc[nH]1)C(=O)OCN. The molecule has 0 aliphatic rings. The number of aromatic nitrogens is 2. The fraction of sp³-hybridized carbons (Fsp3) is 0.500. The van der Waals surface area contributed by atoms with E-state index in [0.29, 0.717) is 5.69 Å². The van der Waals surface area contributed by atoms with E-state index in [2.05, 4.69) is 15.3 Å². The molecule has 0 radical (unpaired) electrons. The first-order valence-electron chi connectivity index (χ1n) is 5.50. The molecule has 1 unspecified atom stereocenters. The molecule has 8 heteroatoms. The molecule has 8 nitrogen and oxygen atoms in total. The molecule has 0 saturated heterocycles. The molecule has 0 bridgehead atoms. The van der Waals surface area contributed by atoms with Crippen LogP contribution in [0, 0.1) is 0 Å². The molecule has 0 aliphatic heterocycles. The molecule has 100 valence electrons. The highest BCUT2D eigenvalue weighted by atomic mass is 16.5. The van der Waals surface area contributed by atoms with Crippen LogP contribution < -0.4 is 16.8 Å². The zero-order valence-electron chi connectivity index (χ0n) is 9.89. The number of rotatable bonds is 7. The Bertz CT molecular complexity index is 379. The van der Waals surface area contributed by atoms with Crippen molar-refractivity contribution in [2.45, 2.75) is 18.9 Å². The van der Waals surface area contributed by atoms with Gasteiger partial charge in [-0.2, -0.15) is 0 Å². The van der Waals surface area contributed by atoms with Gasteiger partial charge in [0.25, 0.3) is 0 Å². The van der Waals surface area contributed by atoms with Crippen LogP contribution in [0.1, 0.15) is 12.1 Å². The van der Waals surface area contributed by atoms with Crippen LogP contribution in [0.4, 0.5) is 0 Å². The van der Waals surface area contributed by atoms with Crippen LogP contribution in [0.5, 0.6) is 0 Å². The first kappa shape index (κ1) is 14.1. The maximum absolute atomic E-state index is 11.6. The van der Waals surface area contributed by atoms with Gasteiger partial charge in [-0.1, -0.05) is 0 Å². The van der Waals surface area contributed by atoms with Gasteiger partial charge < -0.3 is 20.8 Å². The third-order valence-corrected chi connectivity index (χ3v) is 2.20. The van der Waals surface area contributed by atoms with Crippen LogP contribution in [0.2, 0.25) is 0 Å². The van der Waals surface area contributed by atoms with Gasteiger partial charge in [0.1, 0.15) is 12.8 Å². The molecule has 0 saturated carbocycles. The van der Waals surface area contributed by atoms with E-state index in [1.54, 1.807) is 6.20 Å². The van der Waals surface area contributed by atoms with E-state index in [1.807, 2.05) is 0 Å². The largest absolute Gasteiger partial charge is 0.448 e. The van der Waals surface area contributed by atoms with Crippen LogP contribution in [-0.2, 0) is 20.7 Å². The number of esters is 1. The lowest BCUT2D eigenvalue weighted by Gasteiger charge is -2.16. The molecule has 1 heterocycles. The molecule has 1 amide bonds. The van der Waals surface area contributed by atoms with Gasteiger partial charge in [-0.25, -0.2) is 9.78 Å². The number of carbonyl (C=O) groups is 2. The van der Waals surface area contributed by atoms with Gasteiger partial charge in [0, 0.05) is 31.3 Å². The minimum Gasteiger partial charge on any atom is -0.448 e. The number of hydrogen-bond donors (Lipinski definition) is 4. The minimum atomic E-state index is -0.798. The maximum atomic E-state index is 11.6. The van der Waals surface area contributed by atoms with Crippen molar-refractivity contribution in [3.05, 3.63) is 18.2 Å². The number of nitrogens with one attached hydrogen (secondary N) is 2. The molecule has 1 aromatic heterocycles. The van der Waals surface area contributed by atoms with Crippen molar-refractivity contribution in [2.24, 2.45) is 11.5 Å². The first-order valence-corrected chi connectivity index (χ1v) is 5.50. The van der Waals surface area contributed by atoms with Crippen LogP contribution in [0.25, 0.3) is 0 Å². The summed E-state index contributed by atoms with van der Waals surface area (Å²) >= 11 is 0. The van der Waals surface area contributed by atoms with Crippen molar-refractivity contribution in [1.82, 2.24) is 15.3 Å². The molecule has 0 aromatic carbocycles. The number of nitrogens with two attached hydrogens (primary N) is 2. The Morgan fingerprint density at radius 3 is 2.83 bits per heavy atom. The summed E-state index contributed by atoms with van der Waals surface area (Å²) in [6.07, 6.45) is 3.46. The number of imidazole rings is 1. The van der Waals surface area contributed by atoms with Crippen molar-refractivity contribution in [3.8, 4) is 0 Å². The lowest BCUT2D eigenvalue weighted by Crippen LogP contribution is -2.44. The number of ether oxygens (including phenoxy) is 1. The van der Waals surface area contributed by atoms with Gasteiger partial charge in [0.2, 0.25) is 5.91 Å². The lowest BCUT2D eigenvalue weighted by atomic mass is 10.1. The Morgan fingerprint density at radius 1 is 1.50 bits per heavy atom. The fourth-order valence-corrected chi connectivity index (χ4v) is 1.39. The van der Waals surface area contributed by atoms with E-state index in [0.717, 1.165) is 0 Å². The highest BCUT2D eigenvalue weighted by molar-refractivity contribution is 5.84. The van der Waals surface area contributed by atoms with Gasteiger partial charge in [-0.15, -0.1) is 0 Å². The molecule has 0 aliphatic carbocycles. The smallest absolute Gasteiger partial charge is 0.330 e. The molecule has 0 fully saturated rings. The number of amides is 1. The van der Waals surface area contributed by atoms with Gasteiger partial charge >= 0.3 is 5.97 Å². The van der Waals surface area contributed by atoms with Crippen molar-refractivity contribution >= 4 is 11.9 Å². The third-order valence-electron chi connectivity index (χ3n) is 2.20. The Kier molecular flexibility index (Phi) is 5.81. The summed E-state index contributed by atoms with van der Waals surface area (Å²) in [6.45, 7) is -0.0143. The third kappa shape index (κ3) is 4.52. The number of H-pyrrole nitrogens is 1. The van der Waals surface area contributed by atoms with E-state index >= 15 is 0 Å². The van der Waals surface area contributed by atoms with Crippen molar-refractivity contribution < 1.29 is 14.3 Å². The molecule has 6 N–H and O–H groups in total. The topological polar surface area (TPSA) is 136 Å². The Labute approximate surface area is 104 Å².